The largest absolute Gasteiger partial charge is 0.467 e. The van der Waals surface area contributed by atoms with Crippen LogP contribution in [0.1, 0.15) is 6.92 Å². The van der Waals surface area contributed by atoms with Crippen LogP contribution in [0.2, 0.25) is 15.2 Å². The zero-order valence-corrected chi connectivity index (χ0v) is 17.4. The fraction of sp³-hybridized carbons (Fsp3) is 0.538. The predicted octanol–water partition coefficient (Wildman–Crippen LogP) is 3.89. The molecule has 2 rings (SSSR count). The van der Waals surface area contributed by atoms with E-state index in [-0.39, 0.29) is 34.3 Å². The molecule has 0 aromatic carbocycles. The third kappa shape index (κ3) is 4.76. The van der Waals surface area contributed by atoms with Crippen LogP contribution in [0, 0.1) is 5.41 Å². The van der Waals surface area contributed by atoms with E-state index in [0.29, 0.717) is 0 Å². The van der Waals surface area contributed by atoms with Crippen molar-refractivity contribution in [2.45, 2.75) is 13.0 Å². The van der Waals surface area contributed by atoms with Crippen LogP contribution in [0.15, 0.2) is 6.07 Å². The number of nitrogens with zero attached hydrogens (tertiary/aromatic N) is 1. The Kier molecular flexibility index (Phi) is 6.95. The van der Waals surface area contributed by atoms with Crippen molar-refractivity contribution in [3.8, 4) is 5.88 Å². The Morgan fingerprint density at radius 3 is 2.44 bits per heavy atom. The van der Waals surface area contributed by atoms with Crippen molar-refractivity contribution in [2.24, 2.45) is 5.41 Å². The number of aromatic nitrogens is 1. The molecule has 0 spiro atoms. The molecule has 1 aliphatic heterocycles. The minimum Gasteiger partial charge on any atom is -0.467 e. The molecular weight excluding hydrogens is 436 g/mol. The van der Waals surface area contributed by atoms with Crippen LogP contribution in [0.4, 0.5) is 0 Å². The number of carbonyl (C=O) groups excluding carboxylic acids is 1. The lowest BCUT2D eigenvalue weighted by Crippen LogP contribution is -2.48. The topological polar surface area (TPSA) is 76.1 Å². The summed E-state index contributed by atoms with van der Waals surface area (Å²) >= 11 is 23.0. The summed E-state index contributed by atoms with van der Waals surface area (Å²) in [5, 5.41) is 0.299. The summed E-state index contributed by atoms with van der Waals surface area (Å²) < 4.78 is 26.7. The Morgan fingerprint density at radius 2 is 1.92 bits per heavy atom. The lowest BCUT2D eigenvalue weighted by atomic mass is 9.86. The van der Waals surface area contributed by atoms with Gasteiger partial charge in [-0.2, -0.15) is 4.98 Å². The Bertz CT molecular complexity index is 709. The SMILES string of the molecule is COC(=O)C(OC)C1(C)COP(=S)(Oc2nc(Cl)c(Cl)cc2Cl)OC1. The van der Waals surface area contributed by atoms with E-state index in [2.05, 4.69) is 4.98 Å². The van der Waals surface area contributed by atoms with Crippen molar-refractivity contribution in [3.05, 3.63) is 21.3 Å². The Morgan fingerprint density at radius 1 is 1.32 bits per heavy atom. The van der Waals surface area contributed by atoms with Crippen LogP contribution >= 0.6 is 41.5 Å². The molecule has 0 N–H and O–H groups in total. The zero-order chi connectivity index (χ0) is 18.8. The zero-order valence-electron chi connectivity index (χ0n) is 13.5. The van der Waals surface area contributed by atoms with E-state index in [1.807, 2.05) is 0 Å². The summed E-state index contributed by atoms with van der Waals surface area (Å²) in [7, 11) is 2.67. The fourth-order valence-corrected chi connectivity index (χ4v) is 4.65. The van der Waals surface area contributed by atoms with Gasteiger partial charge in [0.2, 0.25) is 5.88 Å². The number of methoxy groups -OCH3 is 2. The number of hydrogen-bond acceptors (Lipinski definition) is 8. The minimum atomic E-state index is -3.19. The van der Waals surface area contributed by atoms with Crippen LogP contribution in [0.25, 0.3) is 0 Å². The van der Waals surface area contributed by atoms with Crippen molar-refractivity contribution in [1.29, 1.82) is 0 Å². The molecule has 1 aromatic rings. The molecule has 0 saturated carbocycles. The number of carbonyl (C=O) groups is 1. The van der Waals surface area contributed by atoms with Gasteiger partial charge in [0.25, 0.3) is 0 Å². The molecule has 1 unspecified atom stereocenters. The second-order valence-electron chi connectivity index (χ2n) is 5.43. The molecule has 1 fully saturated rings. The predicted molar refractivity (Wildman–Crippen MR) is 97.0 cm³/mol. The summed E-state index contributed by atoms with van der Waals surface area (Å²) in [6.45, 7) is -1.33. The normalized spacial score (nSPS) is 27.6. The molecule has 0 radical (unpaired) electrons. The third-order valence-corrected chi connectivity index (χ3v) is 6.53. The Hall–Kier alpha value is -0.180. The molecule has 2 heterocycles. The van der Waals surface area contributed by atoms with E-state index in [4.69, 9.17) is 69.7 Å². The average Bonchev–Trinajstić information content (AvgIpc) is 2.56. The highest BCUT2D eigenvalue weighted by Gasteiger charge is 2.47. The highest BCUT2D eigenvalue weighted by atomic mass is 35.5. The second-order valence-corrected chi connectivity index (χ2v) is 9.53. The van der Waals surface area contributed by atoms with E-state index in [1.54, 1.807) is 6.92 Å². The third-order valence-electron chi connectivity index (χ3n) is 3.44. The summed E-state index contributed by atoms with van der Waals surface area (Å²) in [6, 6.07) is 1.38. The molecule has 0 amide bonds. The molecule has 12 heteroatoms. The molecule has 1 aromatic heterocycles. The first kappa shape index (κ1) is 21.1. The van der Waals surface area contributed by atoms with Crippen molar-refractivity contribution < 1.29 is 27.8 Å². The second kappa shape index (κ2) is 8.23. The minimum absolute atomic E-state index is 0.00894. The van der Waals surface area contributed by atoms with Crippen LogP contribution < -0.4 is 4.52 Å². The van der Waals surface area contributed by atoms with Crippen molar-refractivity contribution in [2.75, 3.05) is 27.4 Å². The first-order valence-corrected chi connectivity index (χ1v) is 10.5. The van der Waals surface area contributed by atoms with Crippen molar-refractivity contribution in [1.82, 2.24) is 4.98 Å². The molecule has 140 valence electrons. The number of hydrogen-bond donors (Lipinski definition) is 0. The lowest BCUT2D eigenvalue weighted by Gasteiger charge is -2.40. The maximum absolute atomic E-state index is 11.9. The van der Waals surface area contributed by atoms with Gasteiger partial charge in [-0.25, -0.2) is 4.79 Å². The van der Waals surface area contributed by atoms with Gasteiger partial charge in [-0.1, -0.05) is 41.7 Å². The first-order chi connectivity index (χ1) is 11.6. The van der Waals surface area contributed by atoms with Crippen LogP contribution in [0.3, 0.4) is 0 Å². The fourth-order valence-electron chi connectivity index (χ4n) is 2.11. The number of halogens is 3. The first-order valence-electron chi connectivity index (χ1n) is 6.85. The van der Waals surface area contributed by atoms with E-state index < -0.39 is 24.2 Å². The van der Waals surface area contributed by atoms with Gasteiger partial charge >= 0.3 is 12.7 Å². The van der Waals surface area contributed by atoms with Gasteiger partial charge in [0, 0.05) is 18.9 Å². The maximum Gasteiger partial charge on any atom is 0.381 e. The Balaban J connectivity index is 2.14. The summed E-state index contributed by atoms with van der Waals surface area (Å²) in [5.74, 6) is -0.582. The monoisotopic (exact) mass is 449 g/mol. The van der Waals surface area contributed by atoms with Gasteiger partial charge in [0.05, 0.1) is 30.8 Å². The molecule has 0 bridgehead atoms. The molecule has 1 aliphatic rings. The van der Waals surface area contributed by atoms with Crippen LogP contribution in [-0.2, 0) is 35.1 Å². The van der Waals surface area contributed by atoms with Gasteiger partial charge in [0.1, 0.15) is 5.02 Å². The number of ether oxygens (including phenoxy) is 2. The van der Waals surface area contributed by atoms with E-state index in [1.165, 1.54) is 20.3 Å². The standard InChI is InChI=1S/C13H15Cl3NO6PS/c1-13(9(19-2)12(18)20-3)5-21-24(25,22-6-13)23-11-8(15)4-7(14)10(16)17-11/h4,9H,5-6H2,1-3H3. The van der Waals surface area contributed by atoms with Gasteiger partial charge in [-0.3, -0.25) is 9.05 Å². The average molecular weight is 451 g/mol. The number of pyridine rings is 1. The molecule has 1 atom stereocenters. The molecule has 0 aliphatic carbocycles. The highest BCUT2D eigenvalue weighted by molar-refractivity contribution is 8.07. The summed E-state index contributed by atoms with van der Waals surface area (Å²) in [6.07, 6.45) is -0.882. The van der Waals surface area contributed by atoms with Crippen molar-refractivity contribution in [3.63, 3.8) is 0 Å². The number of rotatable bonds is 5. The van der Waals surface area contributed by atoms with Crippen molar-refractivity contribution >= 4 is 59.3 Å². The van der Waals surface area contributed by atoms with E-state index in [9.17, 15) is 4.79 Å². The molecule has 25 heavy (non-hydrogen) atoms. The maximum atomic E-state index is 11.9. The molecule has 1 saturated heterocycles. The van der Waals surface area contributed by atoms with E-state index in [0.717, 1.165) is 0 Å². The van der Waals surface area contributed by atoms with Crippen LogP contribution in [0.5, 0.6) is 5.88 Å². The summed E-state index contributed by atoms with van der Waals surface area (Å²) in [4.78, 5) is 15.8. The van der Waals surface area contributed by atoms with Gasteiger partial charge in [-0.15, -0.1) is 0 Å². The lowest BCUT2D eigenvalue weighted by molar-refractivity contribution is -0.167. The number of esters is 1. The van der Waals surface area contributed by atoms with E-state index >= 15 is 0 Å². The van der Waals surface area contributed by atoms with Gasteiger partial charge in [0.15, 0.2) is 11.3 Å². The molecular formula is C13H15Cl3NO6PS. The van der Waals surface area contributed by atoms with Crippen LogP contribution in [-0.4, -0.2) is 44.5 Å². The van der Waals surface area contributed by atoms with Gasteiger partial charge < -0.3 is 14.0 Å². The van der Waals surface area contributed by atoms with Gasteiger partial charge in [-0.05, 0) is 6.07 Å². The molecule has 7 nitrogen and oxygen atoms in total. The highest BCUT2D eigenvalue weighted by Crippen LogP contribution is 2.56. The smallest absolute Gasteiger partial charge is 0.381 e. The Labute approximate surface area is 165 Å². The quantitative estimate of drug-likeness (QED) is 0.380. The summed E-state index contributed by atoms with van der Waals surface area (Å²) in [5.41, 5.74) is -0.803.